The van der Waals surface area contributed by atoms with Crippen LogP contribution in [0.5, 0.6) is 0 Å². The van der Waals surface area contributed by atoms with E-state index in [0.717, 1.165) is 0 Å². The number of anilines is 1. The summed E-state index contributed by atoms with van der Waals surface area (Å²) in [6.07, 6.45) is 2.56. The molecule has 0 fully saturated rings. The fourth-order valence-electron chi connectivity index (χ4n) is 1.90. The molecular weight excluding hydrogens is 371 g/mol. The van der Waals surface area contributed by atoms with Gasteiger partial charge in [-0.3, -0.25) is 4.72 Å². The van der Waals surface area contributed by atoms with Gasteiger partial charge in [0.05, 0.1) is 6.20 Å². The van der Waals surface area contributed by atoms with Gasteiger partial charge in [0.25, 0.3) is 10.0 Å². The predicted octanol–water partition coefficient (Wildman–Crippen LogP) is 3.72. The van der Waals surface area contributed by atoms with Crippen LogP contribution in [0, 0.1) is 0 Å². The number of hydrogen-bond acceptors (Lipinski definition) is 4. The lowest BCUT2D eigenvalue weighted by atomic mass is 10.2. The van der Waals surface area contributed by atoms with E-state index in [1.165, 1.54) is 12.4 Å². The van der Waals surface area contributed by atoms with E-state index in [1.54, 1.807) is 18.2 Å². The molecule has 0 radical (unpaired) electrons. The highest BCUT2D eigenvalue weighted by Gasteiger charge is 2.21. The van der Waals surface area contributed by atoms with Crippen molar-refractivity contribution in [1.82, 2.24) is 15.0 Å². The molecule has 6 nitrogen and oxygen atoms in total. The Bertz CT molecular complexity index is 972. The summed E-state index contributed by atoms with van der Waals surface area (Å²) in [6.45, 7) is 0. The van der Waals surface area contributed by atoms with Gasteiger partial charge < -0.3 is 4.98 Å². The highest BCUT2D eigenvalue weighted by atomic mass is 35.5. The maximum Gasteiger partial charge on any atom is 0.264 e. The topological polar surface area (TPSA) is 87.7 Å². The van der Waals surface area contributed by atoms with Gasteiger partial charge in [-0.25, -0.2) is 18.4 Å². The Morgan fingerprint density at radius 1 is 1.18 bits per heavy atom. The zero-order valence-electron chi connectivity index (χ0n) is 10.6. The average Bonchev–Trinajstić information content (AvgIpc) is 2.85. The first kappa shape index (κ1) is 15.4. The largest absolute Gasteiger partial charge is 0.360 e. The molecule has 22 heavy (non-hydrogen) atoms. The monoisotopic (exact) mass is 376 g/mol. The van der Waals surface area contributed by atoms with Crippen molar-refractivity contribution in [2.45, 2.75) is 4.90 Å². The van der Waals surface area contributed by atoms with Gasteiger partial charge in [0.1, 0.15) is 10.6 Å². The molecule has 0 saturated carbocycles. The second-order valence-corrected chi connectivity index (χ2v) is 7.08. The molecule has 0 aliphatic rings. The lowest BCUT2D eigenvalue weighted by Gasteiger charge is -2.08. The minimum atomic E-state index is -3.88. The summed E-state index contributed by atoms with van der Waals surface area (Å²) in [5.41, 5.74) is 0.640. The van der Waals surface area contributed by atoms with Crippen LogP contribution < -0.4 is 4.72 Å². The van der Waals surface area contributed by atoms with E-state index in [9.17, 15) is 8.42 Å². The summed E-state index contributed by atoms with van der Waals surface area (Å²) in [5.74, 6) is 0. The van der Waals surface area contributed by atoms with Crippen LogP contribution in [0.15, 0.2) is 35.5 Å². The van der Waals surface area contributed by atoms with E-state index in [2.05, 4.69) is 19.7 Å². The summed E-state index contributed by atoms with van der Waals surface area (Å²) in [7, 11) is -3.88. The number of fused-ring (bicyclic) bond motifs is 1. The lowest BCUT2D eigenvalue weighted by Crippen LogP contribution is -2.13. The molecule has 0 spiro atoms. The van der Waals surface area contributed by atoms with Crippen molar-refractivity contribution in [1.29, 1.82) is 0 Å². The highest BCUT2D eigenvalue weighted by molar-refractivity contribution is 7.93. The first-order chi connectivity index (χ1) is 10.4. The number of sulfonamides is 1. The molecule has 10 heteroatoms. The van der Waals surface area contributed by atoms with E-state index in [1.807, 2.05) is 0 Å². The molecular formula is C12H7Cl3N4O2S. The summed E-state index contributed by atoms with van der Waals surface area (Å²) in [6, 6.07) is 4.85. The Morgan fingerprint density at radius 3 is 2.68 bits per heavy atom. The second kappa shape index (κ2) is 5.58. The molecule has 0 aliphatic heterocycles. The van der Waals surface area contributed by atoms with E-state index < -0.39 is 10.0 Å². The fourth-order valence-corrected chi connectivity index (χ4v) is 3.71. The molecule has 2 heterocycles. The third-order valence-corrected chi connectivity index (χ3v) is 4.96. The van der Waals surface area contributed by atoms with Gasteiger partial charge in [-0.2, -0.15) is 0 Å². The van der Waals surface area contributed by atoms with Gasteiger partial charge in [-0.15, -0.1) is 0 Å². The Hall–Kier alpha value is -1.54. The van der Waals surface area contributed by atoms with Crippen LogP contribution in [0.1, 0.15) is 0 Å². The summed E-state index contributed by atoms with van der Waals surface area (Å²) in [4.78, 5) is 10.3. The molecule has 0 aliphatic carbocycles. The summed E-state index contributed by atoms with van der Waals surface area (Å²) < 4.78 is 27.3. The molecule has 0 bridgehead atoms. The minimum absolute atomic E-state index is 0.0365. The van der Waals surface area contributed by atoms with Crippen LogP contribution in [0.2, 0.25) is 15.5 Å². The van der Waals surface area contributed by atoms with E-state index >= 15 is 0 Å². The molecule has 0 atom stereocenters. The van der Waals surface area contributed by atoms with Gasteiger partial charge in [0, 0.05) is 22.1 Å². The Labute approximate surface area is 140 Å². The molecule has 3 aromatic rings. The van der Waals surface area contributed by atoms with Gasteiger partial charge in [-0.1, -0.05) is 23.2 Å². The minimum Gasteiger partial charge on any atom is -0.360 e. The van der Waals surface area contributed by atoms with Crippen molar-refractivity contribution in [3.8, 4) is 0 Å². The third kappa shape index (κ3) is 2.85. The predicted molar refractivity (Wildman–Crippen MR) is 86.2 cm³/mol. The first-order valence-corrected chi connectivity index (χ1v) is 8.46. The number of nitrogens with one attached hydrogen (secondary N) is 2. The number of H-pyrrole nitrogens is 1. The zero-order chi connectivity index (χ0) is 15.9. The normalized spacial score (nSPS) is 11.8. The number of benzene rings is 1. The van der Waals surface area contributed by atoms with Crippen molar-refractivity contribution < 1.29 is 8.42 Å². The Balaban J connectivity index is 2.05. The molecule has 114 valence electrons. The summed E-state index contributed by atoms with van der Waals surface area (Å²) in [5, 5.41) is 0.837. The van der Waals surface area contributed by atoms with Crippen molar-refractivity contribution in [2.75, 3.05) is 4.72 Å². The van der Waals surface area contributed by atoms with Crippen LogP contribution in [-0.2, 0) is 10.0 Å². The number of rotatable bonds is 3. The van der Waals surface area contributed by atoms with Crippen LogP contribution in [0.4, 0.5) is 5.69 Å². The Morgan fingerprint density at radius 2 is 1.95 bits per heavy atom. The van der Waals surface area contributed by atoms with Crippen LogP contribution in [-0.4, -0.2) is 23.4 Å². The number of halogens is 3. The zero-order valence-corrected chi connectivity index (χ0v) is 13.7. The van der Waals surface area contributed by atoms with E-state index in [-0.39, 0.29) is 21.0 Å². The SMILES string of the molecule is O=S(=O)(Nc1cnc(Cl)nc1Cl)c1c[nH]c2cc(Cl)ccc12. The van der Waals surface area contributed by atoms with Crippen LogP contribution >= 0.6 is 34.8 Å². The third-order valence-electron chi connectivity index (χ3n) is 2.85. The maximum atomic E-state index is 12.5. The van der Waals surface area contributed by atoms with Crippen LogP contribution in [0.3, 0.4) is 0 Å². The molecule has 2 N–H and O–H groups in total. The van der Waals surface area contributed by atoms with Gasteiger partial charge in [0.15, 0.2) is 5.15 Å². The molecule has 0 unspecified atom stereocenters. The second-order valence-electron chi connectivity index (χ2n) is 4.29. The van der Waals surface area contributed by atoms with Crippen molar-refractivity contribution in [3.05, 3.63) is 46.1 Å². The van der Waals surface area contributed by atoms with Crippen LogP contribution in [0.25, 0.3) is 10.9 Å². The van der Waals surface area contributed by atoms with Crippen molar-refractivity contribution in [3.63, 3.8) is 0 Å². The van der Waals surface area contributed by atoms with Gasteiger partial charge >= 0.3 is 0 Å². The van der Waals surface area contributed by atoms with Gasteiger partial charge in [0.2, 0.25) is 5.28 Å². The van der Waals surface area contributed by atoms with E-state index in [4.69, 9.17) is 34.8 Å². The quantitative estimate of drug-likeness (QED) is 0.538. The van der Waals surface area contributed by atoms with Gasteiger partial charge in [-0.05, 0) is 29.8 Å². The molecule has 1 aromatic carbocycles. The maximum absolute atomic E-state index is 12.5. The van der Waals surface area contributed by atoms with Crippen molar-refractivity contribution >= 4 is 61.4 Å². The number of aromatic amines is 1. The lowest BCUT2D eigenvalue weighted by molar-refractivity contribution is 0.602. The average molecular weight is 378 g/mol. The molecule has 0 amide bonds. The molecule has 0 saturated heterocycles. The smallest absolute Gasteiger partial charge is 0.264 e. The number of aromatic nitrogens is 3. The highest BCUT2D eigenvalue weighted by Crippen LogP contribution is 2.28. The fraction of sp³-hybridized carbons (Fsp3) is 0. The van der Waals surface area contributed by atoms with Crippen molar-refractivity contribution in [2.24, 2.45) is 0 Å². The number of nitrogens with zero attached hydrogens (tertiary/aromatic N) is 2. The molecule has 2 aromatic heterocycles. The first-order valence-electron chi connectivity index (χ1n) is 5.84. The van der Waals surface area contributed by atoms with E-state index in [0.29, 0.717) is 15.9 Å². The summed E-state index contributed by atoms with van der Waals surface area (Å²) >= 11 is 17.3. The standard InChI is InChI=1S/C12H7Cl3N4O2S/c13-6-1-2-7-8(3-6)16-5-10(7)22(20,21)19-9-4-17-12(15)18-11(9)14/h1-5,16,19H. The number of hydrogen-bond donors (Lipinski definition) is 2. The molecule has 3 rings (SSSR count). The Kier molecular flexibility index (Phi) is 3.90.